The molecule has 1 amide bonds. The van der Waals surface area contributed by atoms with Crippen LogP contribution in [0.15, 0.2) is 54.6 Å². The molecular formula is C18H17NOS. The van der Waals surface area contributed by atoms with Crippen LogP contribution in [0.1, 0.15) is 28.6 Å². The molecule has 1 N–H and O–H groups in total. The first-order valence-corrected chi connectivity index (χ1v) is 7.98. The van der Waals surface area contributed by atoms with Crippen molar-refractivity contribution >= 4 is 33.0 Å². The predicted molar refractivity (Wildman–Crippen MR) is 90.2 cm³/mol. The molecule has 0 spiro atoms. The van der Waals surface area contributed by atoms with Gasteiger partial charge in [0.2, 0.25) is 0 Å². The average Bonchev–Trinajstić information content (AvgIpc) is 2.88. The summed E-state index contributed by atoms with van der Waals surface area (Å²) in [6.07, 6.45) is 1.97. The van der Waals surface area contributed by atoms with Crippen molar-refractivity contribution in [3.8, 4) is 0 Å². The fourth-order valence-electron chi connectivity index (χ4n) is 2.49. The third-order valence-electron chi connectivity index (χ3n) is 3.44. The lowest BCUT2D eigenvalue weighted by Crippen LogP contribution is -2.12. The first-order chi connectivity index (χ1) is 10.3. The monoisotopic (exact) mass is 295 g/mol. The van der Waals surface area contributed by atoms with Gasteiger partial charge in [-0.3, -0.25) is 4.79 Å². The van der Waals surface area contributed by atoms with Crippen LogP contribution in [0.2, 0.25) is 0 Å². The number of carbonyl (C=O) groups is 1. The van der Waals surface area contributed by atoms with Crippen molar-refractivity contribution in [3.05, 3.63) is 65.0 Å². The molecule has 0 aliphatic rings. The minimum absolute atomic E-state index is 0.00847. The number of nitrogens with one attached hydrogen (secondary N) is 1. The standard InChI is InChI=1S/C18H17NOS/c1-2-8-15-14-11-6-7-12-16(14)21-17(15)18(20)19-13-9-4-3-5-10-13/h3-7,9-12H,2,8H2,1H3,(H,19,20). The molecule has 1 heterocycles. The molecule has 0 aliphatic carbocycles. The molecule has 2 aromatic carbocycles. The summed E-state index contributed by atoms with van der Waals surface area (Å²) >= 11 is 1.58. The topological polar surface area (TPSA) is 29.1 Å². The van der Waals surface area contributed by atoms with E-state index >= 15 is 0 Å². The number of hydrogen-bond acceptors (Lipinski definition) is 2. The van der Waals surface area contributed by atoms with E-state index in [2.05, 4.69) is 24.4 Å². The summed E-state index contributed by atoms with van der Waals surface area (Å²) < 4.78 is 1.18. The van der Waals surface area contributed by atoms with Crippen LogP contribution in [0.5, 0.6) is 0 Å². The molecule has 106 valence electrons. The molecule has 0 aliphatic heterocycles. The van der Waals surface area contributed by atoms with Gasteiger partial charge in [-0.25, -0.2) is 0 Å². The Morgan fingerprint density at radius 2 is 1.76 bits per heavy atom. The Bertz CT molecular complexity index is 761. The van der Waals surface area contributed by atoms with Crippen LogP contribution in [-0.2, 0) is 6.42 Å². The highest BCUT2D eigenvalue weighted by atomic mass is 32.1. The van der Waals surface area contributed by atoms with Gasteiger partial charge in [-0.1, -0.05) is 49.7 Å². The fraction of sp³-hybridized carbons (Fsp3) is 0.167. The molecule has 0 fully saturated rings. The van der Waals surface area contributed by atoms with E-state index in [1.807, 2.05) is 42.5 Å². The third kappa shape index (κ3) is 2.83. The Hall–Kier alpha value is -2.13. The summed E-state index contributed by atoms with van der Waals surface area (Å²) in [5.41, 5.74) is 2.01. The van der Waals surface area contributed by atoms with E-state index in [-0.39, 0.29) is 5.91 Å². The Kier molecular flexibility index (Phi) is 4.02. The van der Waals surface area contributed by atoms with Crippen molar-refractivity contribution in [2.75, 3.05) is 5.32 Å². The second kappa shape index (κ2) is 6.10. The molecule has 0 saturated heterocycles. The maximum Gasteiger partial charge on any atom is 0.266 e. The van der Waals surface area contributed by atoms with Crippen molar-refractivity contribution in [1.29, 1.82) is 0 Å². The van der Waals surface area contributed by atoms with Crippen LogP contribution in [0.4, 0.5) is 5.69 Å². The molecule has 0 bridgehead atoms. The average molecular weight is 295 g/mol. The summed E-state index contributed by atoms with van der Waals surface area (Å²) in [6.45, 7) is 2.14. The van der Waals surface area contributed by atoms with Gasteiger partial charge < -0.3 is 5.32 Å². The van der Waals surface area contributed by atoms with Gasteiger partial charge in [-0.15, -0.1) is 11.3 Å². The van der Waals surface area contributed by atoms with E-state index in [0.29, 0.717) is 0 Å². The summed E-state index contributed by atoms with van der Waals surface area (Å²) in [5.74, 6) is -0.00847. The zero-order valence-electron chi connectivity index (χ0n) is 11.9. The lowest BCUT2D eigenvalue weighted by molar-refractivity contribution is 0.103. The number of amides is 1. The number of para-hydroxylation sites is 1. The van der Waals surface area contributed by atoms with E-state index in [4.69, 9.17) is 0 Å². The highest BCUT2D eigenvalue weighted by Gasteiger charge is 2.17. The molecule has 1 aromatic heterocycles. The lowest BCUT2D eigenvalue weighted by Gasteiger charge is -2.05. The fourth-order valence-corrected chi connectivity index (χ4v) is 3.64. The SMILES string of the molecule is CCCc1c(C(=O)Nc2ccccc2)sc2ccccc12. The number of aryl methyl sites for hydroxylation is 1. The van der Waals surface area contributed by atoms with Gasteiger partial charge in [0.15, 0.2) is 0 Å². The quantitative estimate of drug-likeness (QED) is 0.712. The number of carbonyl (C=O) groups excluding carboxylic acids is 1. The normalized spacial score (nSPS) is 10.7. The largest absolute Gasteiger partial charge is 0.321 e. The van der Waals surface area contributed by atoms with Crippen molar-refractivity contribution in [3.63, 3.8) is 0 Å². The van der Waals surface area contributed by atoms with E-state index < -0.39 is 0 Å². The second-order valence-corrected chi connectivity index (χ2v) is 6.03. The molecule has 0 unspecified atom stereocenters. The van der Waals surface area contributed by atoms with Crippen LogP contribution in [0.3, 0.4) is 0 Å². The molecule has 0 radical (unpaired) electrons. The van der Waals surface area contributed by atoms with E-state index in [1.54, 1.807) is 11.3 Å². The molecule has 3 heteroatoms. The maximum atomic E-state index is 12.6. The Labute approximate surface area is 128 Å². The molecule has 0 saturated carbocycles. The smallest absolute Gasteiger partial charge is 0.266 e. The first-order valence-electron chi connectivity index (χ1n) is 7.16. The number of anilines is 1. The Morgan fingerprint density at radius 1 is 1.05 bits per heavy atom. The van der Waals surface area contributed by atoms with E-state index in [1.165, 1.54) is 15.6 Å². The van der Waals surface area contributed by atoms with Gasteiger partial charge in [-0.05, 0) is 35.6 Å². The highest BCUT2D eigenvalue weighted by molar-refractivity contribution is 7.21. The van der Waals surface area contributed by atoms with Crippen LogP contribution < -0.4 is 5.32 Å². The van der Waals surface area contributed by atoms with E-state index in [0.717, 1.165) is 23.4 Å². The number of thiophene rings is 1. The summed E-state index contributed by atoms with van der Waals surface area (Å²) in [6, 6.07) is 17.9. The zero-order valence-corrected chi connectivity index (χ0v) is 12.7. The van der Waals surface area contributed by atoms with Crippen molar-refractivity contribution < 1.29 is 4.79 Å². The van der Waals surface area contributed by atoms with Crippen molar-refractivity contribution in [2.45, 2.75) is 19.8 Å². The minimum atomic E-state index is -0.00847. The number of fused-ring (bicyclic) bond motifs is 1. The predicted octanol–water partition coefficient (Wildman–Crippen LogP) is 5.11. The zero-order chi connectivity index (χ0) is 14.7. The maximum absolute atomic E-state index is 12.6. The lowest BCUT2D eigenvalue weighted by atomic mass is 10.1. The second-order valence-electron chi connectivity index (χ2n) is 4.98. The molecule has 0 atom stereocenters. The number of hydrogen-bond donors (Lipinski definition) is 1. The minimum Gasteiger partial charge on any atom is -0.321 e. The Morgan fingerprint density at radius 3 is 2.52 bits per heavy atom. The molecular weight excluding hydrogens is 278 g/mol. The number of rotatable bonds is 4. The van der Waals surface area contributed by atoms with Crippen LogP contribution in [0, 0.1) is 0 Å². The molecule has 3 aromatic rings. The molecule has 2 nitrogen and oxygen atoms in total. The van der Waals surface area contributed by atoms with Gasteiger partial charge in [0.25, 0.3) is 5.91 Å². The van der Waals surface area contributed by atoms with E-state index in [9.17, 15) is 4.79 Å². The van der Waals surface area contributed by atoms with Gasteiger partial charge >= 0.3 is 0 Å². The summed E-state index contributed by atoms with van der Waals surface area (Å²) in [7, 11) is 0. The number of benzene rings is 2. The van der Waals surface area contributed by atoms with Crippen molar-refractivity contribution in [1.82, 2.24) is 0 Å². The Balaban J connectivity index is 1.99. The molecule has 3 rings (SSSR count). The summed E-state index contributed by atoms with van der Waals surface area (Å²) in [4.78, 5) is 13.4. The van der Waals surface area contributed by atoms with Crippen molar-refractivity contribution in [2.24, 2.45) is 0 Å². The summed E-state index contributed by atoms with van der Waals surface area (Å²) in [5, 5.41) is 4.20. The van der Waals surface area contributed by atoms with Crippen LogP contribution >= 0.6 is 11.3 Å². The molecule has 21 heavy (non-hydrogen) atoms. The van der Waals surface area contributed by atoms with Gasteiger partial charge in [-0.2, -0.15) is 0 Å². The van der Waals surface area contributed by atoms with Crippen LogP contribution in [0.25, 0.3) is 10.1 Å². The first kappa shape index (κ1) is 13.8. The van der Waals surface area contributed by atoms with Gasteiger partial charge in [0, 0.05) is 10.4 Å². The van der Waals surface area contributed by atoms with Crippen LogP contribution in [-0.4, -0.2) is 5.91 Å². The highest BCUT2D eigenvalue weighted by Crippen LogP contribution is 2.32. The van der Waals surface area contributed by atoms with Gasteiger partial charge in [0.1, 0.15) is 0 Å². The third-order valence-corrected chi connectivity index (χ3v) is 4.65. The van der Waals surface area contributed by atoms with Gasteiger partial charge in [0.05, 0.1) is 4.88 Å².